The van der Waals surface area contributed by atoms with Gasteiger partial charge in [-0.1, -0.05) is 44.2 Å². The number of likely N-dealkylation sites (tertiary alicyclic amines) is 1. The Morgan fingerprint density at radius 1 is 1.08 bits per heavy atom. The van der Waals surface area contributed by atoms with Crippen molar-refractivity contribution in [2.45, 2.75) is 57.7 Å². The van der Waals surface area contributed by atoms with Crippen LogP contribution in [0, 0.1) is 5.92 Å². The topological polar surface area (TPSA) is 162 Å². The third-order valence-electron chi connectivity index (χ3n) is 5.75. The predicted octanol–water partition coefficient (Wildman–Crippen LogP) is 0.230. The van der Waals surface area contributed by atoms with Gasteiger partial charge in [-0.25, -0.2) is 0 Å². The molecule has 1 aliphatic rings. The molecule has 1 saturated heterocycles. The molecule has 2 rings (SSSR count). The van der Waals surface area contributed by atoms with Gasteiger partial charge in [-0.15, -0.1) is 0 Å². The Balaban J connectivity index is 1.96. The Bertz CT molecular complexity index is 1030. The normalized spacial score (nSPS) is 16.1. The fourth-order valence-electron chi connectivity index (χ4n) is 3.77. The highest BCUT2D eigenvalue weighted by Crippen LogP contribution is 2.21. The minimum atomic E-state index is -4.38. The smallest absolute Gasteiger partial charge is 0.383 e. The number of carboxylic acids is 1. The van der Waals surface area contributed by atoms with Gasteiger partial charge in [0.2, 0.25) is 23.5 Å². The SMILES string of the molecule is CC(C)[C@H](NC(=O)CC(=O)O)C(=O)N1CCCC1C(=O)NCC(=O)C(F)(F)C(=O)NCc1ccccc1. The second-order valence-electron chi connectivity index (χ2n) is 8.93. The van der Waals surface area contributed by atoms with Crippen LogP contribution in [0.5, 0.6) is 0 Å². The first-order valence-corrected chi connectivity index (χ1v) is 11.7. The number of hydrogen-bond acceptors (Lipinski definition) is 6. The first-order valence-electron chi connectivity index (χ1n) is 11.7. The summed E-state index contributed by atoms with van der Waals surface area (Å²) < 4.78 is 28.6. The van der Waals surface area contributed by atoms with Crippen molar-refractivity contribution in [3.8, 4) is 0 Å². The maximum Gasteiger partial charge on any atom is 0.383 e. The first-order chi connectivity index (χ1) is 17.3. The molecule has 0 aromatic heterocycles. The molecular formula is C24H30F2N4O7. The molecule has 37 heavy (non-hydrogen) atoms. The van der Waals surface area contributed by atoms with Gasteiger partial charge in [0.25, 0.3) is 5.91 Å². The zero-order valence-electron chi connectivity index (χ0n) is 20.5. The lowest BCUT2D eigenvalue weighted by molar-refractivity contribution is -0.158. The molecule has 202 valence electrons. The molecule has 4 amide bonds. The van der Waals surface area contributed by atoms with Gasteiger partial charge in [-0.2, -0.15) is 8.78 Å². The van der Waals surface area contributed by atoms with Crippen LogP contribution in [0.1, 0.15) is 38.7 Å². The van der Waals surface area contributed by atoms with Gasteiger partial charge in [0.05, 0.1) is 6.54 Å². The molecule has 0 bridgehead atoms. The van der Waals surface area contributed by atoms with Gasteiger partial charge in [0.15, 0.2) is 0 Å². The third-order valence-corrected chi connectivity index (χ3v) is 5.75. The molecule has 4 N–H and O–H groups in total. The summed E-state index contributed by atoms with van der Waals surface area (Å²) in [6, 6.07) is 6.05. The molecule has 1 fully saturated rings. The number of benzene rings is 1. The lowest BCUT2D eigenvalue weighted by atomic mass is 10.0. The first kappa shape index (κ1) is 29.3. The highest BCUT2D eigenvalue weighted by molar-refractivity contribution is 6.09. The molecule has 0 radical (unpaired) electrons. The summed E-state index contributed by atoms with van der Waals surface area (Å²) in [5.41, 5.74) is 0.553. The lowest BCUT2D eigenvalue weighted by Crippen LogP contribution is -2.56. The third kappa shape index (κ3) is 8.05. The molecule has 13 heteroatoms. The summed E-state index contributed by atoms with van der Waals surface area (Å²) in [6.07, 6.45) is -0.243. The van der Waals surface area contributed by atoms with E-state index in [1.165, 1.54) is 0 Å². The van der Waals surface area contributed by atoms with Crippen LogP contribution in [0.15, 0.2) is 30.3 Å². The number of halogens is 2. The zero-order valence-corrected chi connectivity index (χ0v) is 20.5. The van der Waals surface area contributed by atoms with Gasteiger partial charge >= 0.3 is 11.9 Å². The summed E-state index contributed by atoms with van der Waals surface area (Å²) in [5, 5.41) is 15.2. The van der Waals surface area contributed by atoms with Crippen LogP contribution in [-0.2, 0) is 35.3 Å². The Labute approximate surface area is 211 Å². The molecule has 11 nitrogen and oxygen atoms in total. The van der Waals surface area contributed by atoms with Crippen molar-refractivity contribution < 1.29 is 42.7 Å². The van der Waals surface area contributed by atoms with Crippen molar-refractivity contribution in [2.75, 3.05) is 13.1 Å². The number of amides is 4. The van der Waals surface area contributed by atoms with E-state index in [1.807, 2.05) is 5.32 Å². The van der Waals surface area contributed by atoms with Crippen LogP contribution in [0.4, 0.5) is 8.78 Å². The number of carboxylic acid groups (broad SMARTS) is 1. The summed E-state index contributed by atoms with van der Waals surface area (Å²) in [6.45, 7) is 2.04. The second kappa shape index (κ2) is 12.9. The average molecular weight is 525 g/mol. The molecule has 1 aliphatic heterocycles. The number of Topliss-reactive ketones (excluding diaryl/α,β-unsaturated/α-hetero) is 1. The second-order valence-corrected chi connectivity index (χ2v) is 8.93. The molecule has 2 atom stereocenters. The summed E-state index contributed by atoms with van der Waals surface area (Å²) in [4.78, 5) is 73.5. The van der Waals surface area contributed by atoms with Crippen molar-refractivity contribution in [2.24, 2.45) is 5.92 Å². The molecule has 0 aliphatic carbocycles. The van der Waals surface area contributed by atoms with E-state index in [0.717, 1.165) is 4.90 Å². The number of alkyl halides is 2. The summed E-state index contributed by atoms with van der Waals surface area (Å²) in [5.74, 6) is -12.2. The number of ketones is 1. The minimum absolute atomic E-state index is 0.140. The standard InChI is InChI=1S/C24H30F2N4O7/c1-14(2)20(29-18(32)11-19(33)34)22(36)30-10-6-9-16(30)21(35)27-13-17(31)24(25,26)23(37)28-12-15-7-4-3-5-8-15/h3-5,7-8,14,16,20H,6,9-13H2,1-2H3,(H,27,35)(H,28,37)(H,29,32)(H,33,34)/t16?,20-/m0/s1. The zero-order chi connectivity index (χ0) is 27.8. The van der Waals surface area contributed by atoms with Gasteiger partial charge < -0.3 is 26.0 Å². The van der Waals surface area contributed by atoms with Crippen molar-refractivity contribution in [1.29, 1.82) is 0 Å². The van der Waals surface area contributed by atoms with Crippen molar-refractivity contribution in [1.82, 2.24) is 20.9 Å². The molecule has 1 heterocycles. The molecule has 1 aromatic rings. The van der Waals surface area contributed by atoms with E-state index in [4.69, 9.17) is 5.11 Å². The van der Waals surface area contributed by atoms with Crippen molar-refractivity contribution >= 4 is 35.4 Å². The van der Waals surface area contributed by atoms with Crippen molar-refractivity contribution in [3.05, 3.63) is 35.9 Å². The molecule has 0 saturated carbocycles. The molecule has 1 aromatic carbocycles. The Morgan fingerprint density at radius 2 is 1.73 bits per heavy atom. The number of carbonyl (C=O) groups excluding carboxylic acids is 5. The van der Waals surface area contributed by atoms with Crippen LogP contribution >= 0.6 is 0 Å². The van der Waals surface area contributed by atoms with Crippen LogP contribution < -0.4 is 16.0 Å². The number of rotatable bonds is 12. The maximum absolute atomic E-state index is 14.3. The van der Waals surface area contributed by atoms with E-state index in [1.54, 1.807) is 44.2 Å². The van der Waals surface area contributed by atoms with Crippen LogP contribution in [0.3, 0.4) is 0 Å². The molecule has 1 unspecified atom stereocenters. The van der Waals surface area contributed by atoms with E-state index in [9.17, 15) is 37.5 Å². The van der Waals surface area contributed by atoms with E-state index < -0.39 is 72.3 Å². The fourth-order valence-corrected chi connectivity index (χ4v) is 3.77. The van der Waals surface area contributed by atoms with Gasteiger partial charge in [-0.3, -0.25) is 28.8 Å². The monoisotopic (exact) mass is 524 g/mol. The van der Waals surface area contributed by atoms with E-state index >= 15 is 0 Å². The Morgan fingerprint density at radius 3 is 2.32 bits per heavy atom. The van der Waals surface area contributed by atoms with Gasteiger partial charge in [-0.05, 0) is 24.3 Å². The molecular weight excluding hydrogens is 494 g/mol. The minimum Gasteiger partial charge on any atom is -0.481 e. The Kier molecular flexibility index (Phi) is 10.2. The van der Waals surface area contributed by atoms with Crippen LogP contribution in [-0.4, -0.2) is 76.5 Å². The van der Waals surface area contributed by atoms with E-state index in [-0.39, 0.29) is 19.5 Å². The Hall–Kier alpha value is -3.90. The van der Waals surface area contributed by atoms with Crippen molar-refractivity contribution in [3.63, 3.8) is 0 Å². The van der Waals surface area contributed by atoms with Crippen LogP contribution in [0.2, 0.25) is 0 Å². The average Bonchev–Trinajstić information content (AvgIpc) is 3.33. The predicted molar refractivity (Wildman–Crippen MR) is 125 cm³/mol. The van der Waals surface area contributed by atoms with E-state index in [0.29, 0.717) is 12.0 Å². The number of nitrogens with zero attached hydrogens (tertiary/aromatic N) is 1. The number of aliphatic carboxylic acids is 1. The number of nitrogens with one attached hydrogen (secondary N) is 3. The van der Waals surface area contributed by atoms with Gasteiger partial charge in [0, 0.05) is 13.1 Å². The number of hydrogen-bond donors (Lipinski definition) is 4. The highest BCUT2D eigenvalue weighted by atomic mass is 19.3. The molecule has 0 spiro atoms. The lowest BCUT2D eigenvalue weighted by Gasteiger charge is -2.30. The quantitative estimate of drug-likeness (QED) is 0.285. The van der Waals surface area contributed by atoms with Crippen LogP contribution in [0.25, 0.3) is 0 Å². The summed E-state index contributed by atoms with van der Waals surface area (Å²) in [7, 11) is 0. The van der Waals surface area contributed by atoms with Gasteiger partial charge in [0.1, 0.15) is 18.5 Å². The summed E-state index contributed by atoms with van der Waals surface area (Å²) >= 11 is 0. The highest BCUT2D eigenvalue weighted by Gasteiger charge is 2.47. The largest absolute Gasteiger partial charge is 0.481 e. The van der Waals surface area contributed by atoms with E-state index in [2.05, 4.69) is 10.6 Å². The number of carbonyl (C=O) groups is 6. The maximum atomic E-state index is 14.3. The fraction of sp³-hybridized carbons (Fsp3) is 0.500.